The van der Waals surface area contributed by atoms with Crippen molar-refractivity contribution in [2.24, 2.45) is 0 Å². The zero-order valence-corrected chi connectivity index (χ0v) is 13.2. The van der Waals surface area contributed by atoms with Crippen molar-refractivity contribution in [3.63, 3.8) is 0 Å². The van der Waals surface area contributed by atoms with Crippen LogP contribution in [0.1, 0.15) is 12.8 Å². The fraction of sp³-hybridized carbons (Fsp3) is 0.312. The number of rotatable bonds is 2. The molecule has 7 heteroatoms. The van der Waals surface area contributed by atoms with E-state index in [1.165, 1.54) is 0 Å². The summed E-state index contributed by atoms with van der Waals surface area (Å²) in [4.78, 5) is 11.2. The van der Waals surface area contributed by atoms with Gasteiger partial charge in [0.25, 0.3) is 0 Å². The number of aliphatic hydroxyl groups is 1. The summed E-state index contributed by atoms with van der Waals surface area (Å²) >= 11 is 6.25. The summed E-state index contributed by atoms with van der Waals surface area (Å²) in [7, 11) is 0. The summed E-state index contributed by atoms with van der Waals surface area (Å²) in [6, 6.07) is 7.54. The number of piperidine rings is 1. The number of β-amino-alcohol motifs (C(OH)–C–C–N with tert-alkyl or cyclic N) is 1. The maximum absolute atomic E-state index is 9.81. The quantitative estimate of drug-likeness (QED) is 0.755. The number of hydrogen-bond acceptors (Lipinski definition) is 5. The van der Waals surface area contributed by atoms with Gasteiger partial charge in [0, 0.05) is 18.7 Å². The summed E-state index contributed by atoms with van der Waals surface area (Å²) in [5.74, 6) is 0.755. The second-order valence-electron chi connectivity index (χ2n) is 5.72. The first-order valence-electron chi connectivity index (χ1n) is 7.61. The first-order chi connectivity index (χ1) is 11.2. The minimum Gasteiger partial charge on any atom is -0.391 e. The number of fused-ring (bicyclic) bond motifs is 1. The van der Waals surface area contributed by atoms with Gasteiger partial charge in [0.15, 0.2) is 5.65 Å². The van der Waals surface area contributed by atoms with Gasteiger partial charge in [-0.1, -0.05) is 29.8 Å². The van der Waals surface area contributed by atoms with Crippen LogP contribution in [0.25, 0.3) is 22.4 Å². The molecule has 0 bridgehead atoms. The molecule has 0 saturated carbocycles. The fourth-order valence-corrected chi connectivity index (χ4v) is 3.17. The van der Waals surface area contributed by atoms with E-state index >= 15 is 0 Å². The van der Waals surface area contributed by atoms with E-state index in [-0.39, 0.29) is 6.10 Å². The lowest BCUT2D eigenvalue weighted by Gasteiger charge is -2.30. The molecule has 0 aliphatic carbocycles. The Hall–Kier alpha value is -2.18. The van der Waals surface area contributed by atoms with Crippen LogP contribution in [0, 0.1) is 0 Å². The third-order valence-electron chi connectivity index (χ3n) is 4.11. The number of halogens is 1. The molecule has 3 aromatic rings. The molecule has 23 heavy (non-hydrogen) atoms. The van der Waals surface area contributed by atoms with Gasteiger partial charge in [0.05, 0.1) is 17.3 Å². The Balaban J connectivity index is 1.73. The van der Waals surface area contributed by atoms with E-state index in [4.69, 9.17) is 11.6 Å². The molecule has 1 saturated heterocycles. The molecule has 1 aromatic carbocycles. The van der Waals surface area contributed by atoms with E-state index in [2.05, 4.69) is 25.1 Å². The van der Waals surface area contributed by atoms with Crippen LogP contribution in [0.2, 0.25) is 5.02 Å². The van der Waals surface area contributed by atoms with Crippen molar-refractivity contribution < 1.29 is 5.11 Å². The fourth-order valence-electron chi connectivity index (χ4n) is 2.95. The van der Waals surface area contributed by atoms with Gasteiger partial charge in [-0.15, -0.1) is 0 Å². The molecule has 0 spiro atoms. The Labute approximate surface area is 138 Å². The van der Waals surface area contributed by atoms with Crippen molar-refractivity contribution in [2.75, 3.05) is 18.0 Å². The second-order valence-corrected chi connectivity index (χ2v) is 6.13. The standard InChI is InChI=1S/C16H16ClN5O/c17-12-6-2-1-5-11(12)14-15-16(21-20-14)19-13(8-18-15)22-7-3-4-10(23)9-22/h1-2,5-6,8,10,23H,3-4,7,9H2,(H,19,20,21)/t10-/m0/s1. The molecule has 1 aliphatic rings. The van der Waals surface area contributed by atoms with E-state index in [9.17, 15) is 5.11 Å². The lowest BCUT2D eigenvalue weighted by Crippen LogP contribution is -2.38. The van der Waals surface area contributed by atoms with E-state index < -0.39 is 0 Å². The third kappa shape index (κ3) is 2.64. The van der Waals surface area contributed by atoms with Gasteiger partial charge in [-0.2, -0.15) is 5.10 Å². The lowest BCUT2D eigenvalue weighted by atomic mass is 10.1. The van der Waals surface area contributed by atoms with Crippen LogP contribution in [-0.4, -0.2) is 44.5 Å². The number of nitrogens with zero attached hydrogens (tertiary/aromatic N) is 4. The molecular weight excluding hydrogens is 314 g/mol. The number of H-pyrrole nitrogens is 1. The number of hydrogen-bond donors (Lipinski definition) is 2. The van der Waals surface area contributed by atoms with E-state index in [0.717, 1.165) is 30.8 Å². The highest BCUT2D eigenvalue weighted by atomic mass is 35.5. The van der Waals surface area contributed by atoms with E-state index in [0.29, 0.717) is 28.4 Å². The summed E-state index contributed by atoms with van der Waals surface area (Å²) in [6.07, 6.45) is 3.22. The van der Waals surface area contributed by atoms with Crippen LogP contribution in [0.15, 0.2) is 30.5 Å². The summed E-state index contributed by atoms with van der Waals surface area (Å²) < 4.78 is 0. The molecule has 2 N–H and O–H groups in total. The highest BCUT2D eigenvalue weighted by Gasteiger charge is 2.20. The zero-order valence-electron chi connectivity index (χ0n) is 12.4. The molecule has 0 amide bonds. The molecule has 1 aliphatic heterocycles. The van der Waals surface area contributed by atoms with Crippen molar-refractivity contribution in [1.82, 2.24) is 20.2 Å². The van der Waals surface area contributed by atoms with Crippen molar-refractivity contribution in [3.05, 3.63) is 35.5 Å². The minimum absolute atomic E-state index is 0.304. The molecule has 6 nitrogen and oxygen atoms in total. The Morgan fingerprint density at radius 2 is 2.17 bits per heavy atom. The van der Waals surface area contributed by atoms with Crippen LogP contribution in [0.5, 0.6) is 0 Å². The molecule has 2 aromatic heterocycles. The number of aliphatic hydroxyl groups excluding tert-OH is 1. The van der Waals surface area contributed by atoms with Crippen LogP contribution in [0.3, 0.4) is 0 Å². The highest BCUT2D eigenvalue weighted by molar-refractivity contribution is 6.33. The predicted molar refractivity (Wildman–Crippen MR) is 89.6 cm³/mol. The smallest absolute Gasteiger partial charge is 0.177 e. The van der Waals surface area contributed by atoms with Gasteiger partial charge < -0.3 is 10.0 Å². The molecule has 0 unspecified atom stereocenters. The Morgan fingerprint density at radius 3 is 3.00 bits per heavy atom. The van der Waals surface area contributed by atoms with Crippen molar-refractivity contribution in [3.8, 4) is 11.3 Å². The number of anilines is 1. The summed E-state index contributed by atoms with van der Waals surface area (Å²) in [5.41, 5.74) is 2.84. The molecule has 4 rings (SSSR count). The highest BCUT2D eigenvalue weighted by Crippen LogP contribution is 2.30. The lowest BCUT2D eigenvalue weighted by molar-refractivity contribution is 0.154. The maximum Gasteiger partial charge on any atom is 0.177 e. The normalized spacial score (nSPS) is 18.5. The van der Waals surface area contributed by atoms with Gasteiger partial charge in [-0.3, -0.25) is 5.10 Å². The Bertz CT molecular complexity index is 849. The van der Waals surface area contributed by atoms with Crippen LogP contribution in [-0.2, 0) is 0 Å². The number of benzene rings is 1. The third-order valence-corrected chi connectivity index (χ3v) is 4.44. The molecule has 1 fully saturated rings. The summed E-state index contributed by atoms with van der Waals surface area (Å²) in [5, 5.41) is 17.7. The Morgan fingerprint density at radius 1 is 1.30 bits per heavy atom. The predicted octanol–water partition coefficient (Wildman–Crippen LogP) is 2.63. The van der Waals surface area contributed by atoms with E-state index in [1.54, 1.807) is 6.20 Å². The molecular formula is C16H16ClN5O. The zero-order chi connectivity index (χ0) is 15.8. The molecule has 0 radical (unpaired) electrons. The maximum atomic E-state index is 9.81. The monoisotopic (exact) mass is 329 g/mol. The second kappa shape index (κ2) is 5.79. The molecule has 3 heterocycles. The van der Waals surface area contributed by atoms with Crippen LogP contribution < -0.4 is 4.90 Å². The Kier molecular flexibility index (Phi) is 3.63. The van der Waals surface area contributed by atoms with Crippen molar-refractivity contribution in [1.29, 1.82) is 0 Å². The average molecular weight is 330 g/mol. The van der Waals surface area contributed by atoms with Gasteiger partial charge in [-0.05, 0) is 18.9 Å². The topological polar surface area (TPSA) is 77.9 Å². The SMILES string of the molecule is O[C@H]1CCCN(c2cnc3c(-c4ccccc4Cl)n[nH]c3n2)C1. The van der Waals surface area contributed by atoms with Gasteiger partial charge in [-0.25, -0.2) is 9.97 Å². The first-order valence-corrected chi connectivity index (χ1v) is 7.99. The number of aromatic amines is 1. The number of nitrogens with one attached hydrogen (secondary N) is 1. The van der Waals surface area contributed by atoms with E-state index in [1.807, 2.05) is 24.3 Å². The van der Waals surface area contributed by atoms with Crippen molar-refractivity contribution >= 4 is 28.6 Å². The molecule has 118 valence electrons. The van der Waals surface area contributed by atoms with Crippen LogP contribution in [0.4, 0.5) is 5.82 Å². The number of aromatic nitrogens is 4. The van der Waals surface area contributed by atoms with Crippen molar-refractivity contribution in [2.45, 2.75) is 18.9 Å². The average Bonchev–Trinajstić information content (AvgIpc) is 2.98. The first kappa shape index (κ1) is 14.4. The van der Waals surface area contributed by atoms with Gasteiger partial charge in [0.1, 0.15) is 17.0 Å². The summed E-state index contributed by atoms with van der Waals surface area (Å²) in [6.45, 7) is 1.47. The molecule has 1 atom stereocenters. The largest absolute Gasteiger partial charge is 0.391 e. The van der Waals surface area contributed by atoms with Gasteiger partial charge >= 0.3 is 0 Å². The van der Waals surface area contributed by atoms with Gasteiger partial charge in [0.2, 0.25) is 0 Å². The minimum atomic E-state index is -0.304. The van der Waals surface area contributed by atoms with Crippen LogP contribution >= 0.6 is 11.6 Å².